The number of rotatable bonds is 2. The molecule has 0 saturated carbocycles. The Morgan fingerprint density at radius 3 is 2.88 bits per heavy atom. The Morgan fingerprint density at radius 1 is 1.17 bits per heavy atom. The van der Waals surface area contributed by atoms with Crippen LogP contribution in [0.3, 0.4) is 0 Å². The predicted molar refractivity (Wildman–Crippen MR) is 98.4 cm³/mol. The quantitative estimate of drug-likeness (QED) is 0.716. The highest BCUT2D eigenvalue weighted by Gasteiger charge is 2.27. The van der Waals surface area contributed by atoms with Crippen molar-refractivity contribution in [3.05, 3.63) is 64.8 Å². The van der Waals surface area contributed by atoms with Crippen LogP contribution in [0.4, 0.5) is 5.69 Å². The van der Waals surface area contributed by atoms with Crippen molar-refractivity contribution < 1.29 is 4.79 Å². The highest BCUT2D eigenvalue weighted by Crippen LogP contribution is 2.32. The van der Waals surface area contributed by atoms with Gasteiger partial charge in [0.25, 0.3) is 0 Å². The number of amides is 1. The molecule has 3 heteroatoms. The maximum absolute atomic E-state index is 12.8. The Balaban J connectivity index is 1.57. The normalized spacial score (nSPS) is 16.8. The number of anilines is 1. The summed E-state index contributed by atoms with van der Waals surface area (Å²) in [6.07, 6.45) is 2.65. The van der Waals surface area contributed by atoms with Crippen LogP contribution in [0.15, 0.2) is 42.5 Å². The Morgan fingerprint density at radius 2 is 2.00 bits per heavy atom. The summed E-state index contributed by atoms with van der Waals surface area (Å²) in [5.41, 5.74) is 7.00. The zero-order chi connectivity index (χ0) is 16.7. The molecule has 2 N–H and O–H groups in total. The average molecular weight is 318 g/mol. The molecule has 3 aromatic rings. The molecule has 1 heterocycles. The summed E-state index contributed by atoms with van der Waals surface area (Å²) < 4.78 is 0. The minimum absolute atomic E-state index is 0.0385. The number of aromatic amines is 1. The number of hydrogen-bond acceptors (Lipinski definition) is 1. The van der Waals surface area contributed by atoms with Gasteiger partial charge in [-0.15, -0.1) is 0 Å². The lowest BCUT2D eigenvalue weighted by Crippen LogP contribution is -2.28. The first-order chi connectivity index (χ1) is 11.6. The lowest BCUT2D eigenvalue weighted by molar-refractivity contribution is -0.120. The molecule has 2 aromatic carbocycles. The Bertz CT molecular complexity index is 923. The molecule has 1 aromatic heterocycles. The van der Waals surface area contributed by atoms with Crippen molar-refractivity contribution in [3.63, 3.8) is 0 Å². The second-order valence-corrected chi connectivity index (χ2v) is 6.88. The topological polar surface area (TPSA) is 44.9 Å². The summed E-state index contributed by atoms with van der Waals surface area (Å²) in [4.78, 5) is 16.3. The number of para-hydroxylation sites is 1. The fourth-order valence-corrected chi connectivity index (χ4v) is 3.70. The van der Waals surface area contributed by atoms with E-state index in [1.807, 2.05) is 19.9 Å². The van der Waals surface area contributed by atoms with E-state index in [4.69, 9.17) is 0 Å². The van der Waals surface area contributed by atoms with E-state index >= 15 is 0 Å². The van der Waals surface area contributed by atoms with Crippen molar-refractivity contribution >= 4 is 22.5 Å². The molecule has 0 spiro atoms. The van der Waals surface area contributed by atoms with Crippen LogP contribution in [0.5, 0.6) is 0 Å². The summed E-state index contributed by atoms with van der Waals surface area (Å²) in [6.45, 7) is 4.08. The highest BCUT2D eigenvalue weighted by atomic mass is 16.1. The Labute approximate surface area is 142 Å². The molecule has 1 unspecified atom stereocenters. The third kappa shape index (κ3) is 2.60. The van der Waals surface area contributed by atoms with Crippen molar-refractivity contribution in [1.29, 1.82) is 0 Å². The van der Waals surface area contributed by atoms with Crippen molar-refractivity contribution in [2.45, 2.75) is 33.1 Å². The van der Waals surface area contributed by atoms with Gasteiger partial charge in [-0.05, 0) is 61.9 Å². The molecular formula is C21H22N2O. The lowest BCUT2D eigenvalue weighted by atomic mass is 9.85. The van der Waals surface area contributed by atoms with E-state index in [-0.39, 0.29) is 11.8 Å². The van der Waals surface area contributed by atoms with Crippen LogP contribution in [0.2, 0.25) is 0 Å². The zero-order valence-electron chi connectivity index (χ0n) is 14.1. The smallest absolute Gasteiger partial charge is 0.227 e. The largest absolute Gasteiger partial charge is 0.358 e. The molecule has 3 nitrogen and oxygen atoms in total. The van der Waals surface area contributed by atoms with Gasteiger partial charge in [-0.3, -0.25) is 4.79 Å². The summed E-state index contributed by atoms with van der Waals surface area (Å²) in [7, 11) is 0. The van der Waals surface area contributed by atoms with E-state index in [0.717, 1.165) is 30.5 Å². The van der Waals surface area contributed by atoms with Gasteiger partial charge in [0, 0.05) is 28.2 Å². The molecule has 1 atom stereocenters. The molecule has 0 saturated heterocycles. The number of hydrogen-bond donors (Lipinski definition) is 2. The molecule has 0 bridgehead atoms. The Hall–Kier alpha value is -2.55. The van der Waals surface area contributed by atoms with E-state index in [2.05, 4.69) is 46.7 Å². The maximum atomic E-state index is 12.8. The molecule has 1 amide bonds. The van der Waals surface area contributed by atoms with Gasteiger partial charge in [0.1, 0.15) is 0 Å². The zero-order valence-corrected chi connectivity index (χ0v) is 14.1. The second-order valence-electron chi connectivity index (χ2n) is 6.88. The minimum atomic E-state index is 0.0385. The summed E-state index contributed by atoms with van der Waals surface area (Å²) in [5.74, 6) is 0.177. The maximum Gasteiger partial charge on any atom is 0.227 e. The van der Waals surface area contributed by atoms with Crippen LogP contribution in [0.25, 0.3) is 10.9 Å². The van der Waals surface area contributed by atoms with E-state index in [1.165, 1.54) is 27.7 Å². The number of nitrogens with one attached hydrogen (secondary N) is 2. The number of carbonyl (C=O) groups excluding carboxylic acids is 1. The van der Waals surface area contributed by atoms with Gasteiger partial charge in [0.15, 0.2) is 0 Å². The number of fused-ring (bicyclic) bond motifs is 3. The predicted octanol–water partition coefficient (Wildman–Crippen LogP) is 4.53. The summed E-state index contributed by atoms with van der Waals surface area (Å²) in [5, 5.41) is 4.40. The molecule has 24 heavy (non-hydrogen) atoms. The first-order valence-corrected chi connectivity index (χ1v) is 8.58. The van der Waals surface area contributed by atoms with E-state index in [1.54, 1.807) is 0 Å². The molecule has 1 aliphatic carbocycles. The fourth-order valence-electron chi connectivity index (χ4n) is 3.70. The standard InChI is InChI=1S/C21H22N2O/c1-13-7-8-14(2)20(11-13)23-21(24)15-9-10-19-17(12-15)16-5-3-4-6-18(16)22-19/h3-8,11,15,22H,9-10,12H2,1-2H3,(H,23,24). The van der Waals surface area contributed by atoms with Gasteiger partial charge >= 0.3 is 0 Å². The summed E-state index contributed by atoms with van der Waals surface area (Å²) in [6, 6.07) is 14.6. The van der Waals surface area contributed by atoms with Gasteiger partial charge < -0.3 is 10.3 Å². The molecular weight excluding hydrogens is 296 g/mol. The van der Waals surface area contributed by atoms with Crippen LogP contribution in [-0.4, -0.2) is 10.9 Å². The number of aromatic nitrogens is 1. The van der Waals surface area contributed by atoms with Crippen LogP contribution < -0.4 is 5.32 Å². The molecule has 1 aliphatic rings. The molecule has 4 rings (SSSR count). The average Bonchev–Trinajstić information content (AvgIpc) is 2.96. The second kappa shape index (κ2) is 5.82. The van der Waals surface area contributed by atoms with Crippen molar-refractivity contribution in [1.82, 2.24) is 4.98 Å². The lowest BCUT2D eigenvalue weighted by Gasteiger charge is -2.22. The number of benzene rings is 2. The molecule has 0 radical (unpaired) electrons. The molecule has 0 fully saturated rings. The first kappa shape index (κ1) is 15.0. The van der Waals surface area contributed by atoms with Gasteiger partial charge in [-0.25, -0.2) is 0 Å². The fraction of sp³-hybridized carbons (Fsp3) is 0.286. The molecule has 122 valence electrons. The van der Waals surface area contributed by atoms with Crippen molar-refractivity contribution in [3.8, 4) is 0 Å². The van der Waals surface area contributed by atoms with Gasteiger partial charge in [0.2, 0.25) is 5.91 Å². The van der Waals surface area contributed by atoms with E-state index < -0.39 is 0 Å². The Kier molecular flexibility index (Phi) is 3.64. The number of H-pyrrole nitrogens is 1. The van der Waals surface area contributed by atoms with Crippen LogP contribution in [-0.2, 0) is 17.6 Å². The SMILES string of the molecule is Cc1ccc(C)c(NC(=O)C2CCc3[nH]c4ccccc4c3C2)c1. The summed E-state index contributed by atoms with van der Waals surface area (Å²) >= 11 is 0. The van der Waals surface area contributed by atoms with Gasteiger partial charge in [0.05, 0.1) is 0 Å². The first-order valence-electron chi connectivity index (χ1n) is 8.58. The third-order valence-corrected chi connectivity index (χ3v) is 5.12. The third-order valence-electron chi connectivity index (χ3n) is 5.12. The van der Waals surface area contributed by atoms with Crippen LogP contribution >= 0.6 is 0 Å². The monoisotopic (exact) mass is 318 g/mol. The minimum Gasteiger partial charge on any atom is -0.358 e. The van der Waals surface area contributed by atoms with Crippen LogP contribution in [0, 0.1) is 19.8 Å². The van der Waals surface area contributed by atoms with Crippen molar-refractivity contribution in [2.75, 3.05) is 5.32 Å². The van der Waals surface area contributed by atoms with Gasteiger partial charge in [-0.1, -0.05) is 30.3 Å². The van der Waals surface area contributed by atoms with Crippen molar-refractivity contribution in [2.24, 2.45) is 5.92 Å². The number of aryl methyl sites for hydroxylation is 3. The number of carbonyl (C=O) groups is 1. The van der Waals surface area contributed by atoms with E-state index in [0.29, 0.717) is 0 Å². The van der Waals surface area contributed by atoms with E-state index in [9.17, 15) is 4.79 Å². The van der Waals surface area contributed by atoms with Crippen LogP contribution in [0.1, 0.15) is 28.8 Å². The highest BCUT2D eigenvalue weighted by molar-refractivity contribution is 5.94. The molecule has 0 aliphatic heterocycles. The van der Waals surface area contributed by atoms with Gasteiger partial charge in [-0.2, -0.15) is 0 Å².